The number of fused-ring (bicyclic) bond motifs is 1. The van der Waals surface area contributed by atoms with Gasteiger partial charge in [-0.2, -0.15) is 0 Å². The number of ether oxygens (including phenoxy) is 1. The minimum Gasteiger partial charge on any atom is -0.462 e. The highest BCUT2D eigenvalue weighted by atomic mass is 32.1. The van der Waals surface area contributed by atoms with Crippen LogP contribution in [0.5, 0.6) is 0 Å². The summed E-state index contributed by atoms with van der Waals surface area (Å²) in [5.74, 6) is -0.470. The fourth-order valence-electron chi connectivity index (χ4n) is 2.41. The molecule has 1 aromatic carbocycles. The van der Waals surface area contributed by atoms with E-state index in [-0.39, 0.29) is 17.8 Å². The Morgan fingerprint density at radius 3 is 2.50 bits per heavy atom. The number of hydrogen-bond acceptors (Lipinski definition) is 4. The van der Waals surface area contributed by atoms with E-state index in [1.165, 1.54) is 11.3 Å². The Kier molecular flexibility index (Phi) is 5.55. The van der Waals surface area contributed by atoms with Crippen molar-refractivity contribution in [3.8, 4) is 0 Å². The minimum atomic E-state index is -0.389. The number of carbonyl (C=O) groups excluding carboxylic acids is 2. The Morgan fingerprint density at radius 2 is 1.86 bits per heavy atom. The van der Waals surface area contributed by atoms with Gasteiger partial charge in [0.2, 0.25) is 5.91 Å². The van der Waals surface area contributed by atoms with Crippen LogP contribution in [0.15, 0.2) is 24.3 Å². The number of amides is 1. The van der Waals surface area contributed by atoms with Gasteiger partial charge in [-0.3, -0.25) is 4.79 Å². The van der Waals surface area contributed by atoms with Crippen molar-refractivity contribution in [1.82, 2.24) is 0 Å². The van der Waals surface area contributed by atoms with Crippen molar-refractivity contribution >= 4 is 38.3 Å². The van der Waals surface area contributed by atoms with E-state index in [0.29, 0.717) is 17.2 Å². The zero-order chi connectivity index (χ0) is 16.1. The van der Waals surface area contributed by atoms with Gasteiger partial charge in [0.1, 0.15) is 10.6 Å². The lowest BCUT2D eigenvalue weighted by molar-refractivity contribution is -0.120. The average molecular weight is 319 g/mol. The second-order valence-electron chi connectivity index (χ2n) is 5.03. The van der Waals surface area contributed by atoms with Gasteiger partial charge in [0.25, 0.3) is 0 Å². The predicted octanol–water partition coefficient (Wildman–Crippen LogP) is 4.45. The highest BCUT2D eigenvalue weighted by Crippen LogP contribution is 2.36. The molecule has 0 aliphatic heterocycles. The van der Waals surface area contributed by atoms with Crippen LogP contribution < -0.4 is 5.32 Å². The number of hydrogen-bond donors (Lipinski definition) is 1. The van der Waals surface area contributed by atoms with Gasteiger partial charge >= 0.3 is 5.97 Å². The lowest BCUT2D eigenvalue weighted by Crippen LogP contribution is -2.22. The van der Waals surface area contributed by atoms with Gasteiger partial charge in [-0.15, -0.1) is 11.3 Å². The smallest absolute Gasteiger partial charge is 0.341 e. The molecule has 5 heteroatoms. The first-order valence-electron chi connectivity index (χ1n) is 7.61. The number of rotatable bonds is 6. The zero-order valence-corrected chi connectivity index (χ0v) is 14.0. The van der Waals surface area contributed by atoms with Crippen molar-refractivity contribution in [3.05, 3.63) is 29.8 Å². The van der Waals surface area contributed by atoms with Gasteiger partial charge < -0.3 is 10.1 Å². The Balaban J connectivity index is 2.42. The Labute approximate surface area is 134 Å². The molecule has 0 aliphatic carbocycles. The fourth-order valence-corrected chi connectivity index (χ4v) is 3.51. The van der Waals surface area contributed by atoms with Crippen molar-refractivity contribution in [2.75, 3.05) is 11.9 Å². The topological polar surface area (TPSA) is 55.4 Å². The Morgan fingerprint density at radius 1 is 1.18 bits per heavy atom. The summed E-state index contributed by atoms with van der Waals surface area (Å²) in [5, 5.41) is 4.32. The monoisotopic (exact) mass is 319 g/mol. The maximum Gasteiger partial charge on any atom is 0.341 e. The summed E-state index contributed by atoms with van der Waals surface area (Å²) in [5.41, 5.74) is 0.460. The quantitative estimate of drug-likeness (QED) is 0.800. The molecular weight excluding hydrogens is 298 g/mol. The van der Waals surface area contributed by atoms with Crippen molar-refractivity contribution in [3.63, 3.8) is 0 Å². The van der Waals surface area contributed by atoms with Crippen molar-refractivity contribution in [2.45, 2.75) is 33.6 Å². The molecule has 0 saturated carbocycles. The summed E-state index contributed by atoms with van der Waals surface area (Å²) in [6, 6.07) is 7.62. The van der Waals surface area contributed by atoms with Crippen LogP contribution in [-0.2, 0) is 9.53 Å². The zero-order valence-electron chi connectivity index (χ0n) is 13.1. The molecule has 0 saturated heterocycles. The van der Waals surface area contributed by atoms with Crippen molar-refractivity contribution in [1.29, 1.82) is 0 Å². The second kappa shape index (κ2) is 7.40. The standard InChI is InChI=1S/C17H21NO3S/c1-4-11(5-2)15(19)18-16-14(17(20)21-6-3)12-9-7-8-10-13(12)22-16/h7-11H,4-6H2,1-3H3,(H,18,19). The van der Waals surface area contributed by atoms with Gasteiger partial charge in [-0.1, -0.05) is 32.0 Å². The first-order valence-corrected chi connectivity index (χ1v) is 8.43. The molecule has 118 valence electrons. The molecule has 0 unspecified atom stereocenters. The molecule has 0 atom stereocenters. The van der Waals surface area contributed by atoms with E-state index in [2.05, 4.69) is 5.32 Å². The van der Waals surface area contributed by atoms with Gasteiger partial charge in [0.05, 0.1) is 6.61 Å². The van der Waals surface area contributed by atoms with Gasteiger partial charge in [-0.25, -0.2) is 4.79 Å². The molecule has 0 spiro atoms. The summed E-state index contributed by atoms with van der Waals surface area (Å²) in [4.78, 5) is 24.6. The average Bonchev–Trinajstić information content (AvgIpc) is 2.86. The van der Waals surface area contributed by atoms with E-state index in [1.54, 1.807) is 6.92 Å². The van der Waals surface area contributed by atoms with Crippen LogP contribution in [0.1, 0.15) is 44.0 Å². The Bertz CT molecular complexity index is 674. The third-order valence-electron chi connectivity index (χ3n) is 3.67. The molecule has 0 aliphatic rings. The molecule has 1 heterocycles. The number of thiophene rings is 1. The highest BCUT2D eigenvalue weighted by Gasteiger charge is 2.23. The predicted molar refractivity (Wildman–Crippen MR) is 90.5 cm³/mol. The summed E-state index contributed by atoms with van der Waals surface area (Å²) in [6.45, 7) is 6.06. The molecule has 1 N–H and O–H groups in total. The summed E-state index contributed by atoms with van der Waals surface area (Å²) >= 11 is 1.41. The number of benzene rings is 1. The molecule has 2 aromatic rings. The van der Waals surface area contributed by atoms with Crippen LogP contribution in [0.4, 0.5) is 5.00 Å². The van der Waals surface area contributed by atoms with E-state index >= 15 is 0 Å². The number of anilines is 1. The van der Waals surface area contributed by atoms with Gasteiger partial charge in [0, 0.05) is 16.0 Å². The fraction of sp³-hybridized carbons (Fsp3) is 0.412. The van der Waals surface area contributed by atoms with E-state index in [9.17, 15) is 9.59 Å². The van der Waals surface area contributed by atoms with E-state index in [4.69, 9.17) is 4.74 Å². The number of nitrogens with one attached hydrogen (secondary N) is 1. The van der Waals surface area contributed by atoms with Crippen LogP contribution in [0.3, 0.4) is 0 Å². The Hall–Kier alpha value is -1.88. The van der Waals surface area contributed by atoms with Crippen LogP contribution in [-0.4, -0.2) is 18.5 Å². The van der Waals surface area contributed by atoms with Crippen LogP contribution >= 0.6 is 11.3 Å². The summed E-state index contributed by atoms with van der Waals surface area (Å²) in [6.07, 6.45) is 1.56. The largest absolute Gasteiger partial charge is 0.462 e. The minimum absolute atomic E-state index is 0.0397. The first-order chi connectivity index (χ1) is 10.6. The molecule has 0 fully saturated rings. The van der Waals surface area contributed by atoms with Crippen LogP contribution in [0.2, 0.25) is 0 Å². The van der Waals surface area contributed by atoms with E-state index < -0.39 is 0 Å². The second-order valence-corrected chi connectivity index (χ2v) is 6.08. The normalized spacial score (nSPS) is 10.9. The molecular formula is C17H21NO3S. The molecule has 0 radical (unpaired) electrons. The summed E-state index contributed by atoms with van der Waals surface area (Å²) < 4.78 is 6.11. The third-order valence-corrected chi connectivity index (χ3v) is 4.75. The van der Waals surface area contributed by atoms with Gasteiger partial charge in [-0.05, 0) is 25.8 Å². The molecule has 0 bridgehead atoms. The molecule has 4 nitrogen and oxygen atoms in total. The maximum atomic E-state index is 12.3. The van der Waals surface area contributed by atoms with Gasteiger partial charge in [0.15, 0.2) is 0 Å². The van der Waals surface area contributed by atoms with Crippen molar-refractivity contribution < 1.29 is 14.3 Å². The lowest BCUT2D eigenvalue weighted by atomic mass is 10.0. The van der Waals surface area contributed by atoms with E-state index in [1.807, 2.05) is 38.1 Å². The molecule has 1 aromatic heterocycles. The first kappa shape index (κ1) is 16.5. The van der Waals surface area contributed by atoms with Crippen molar-refractivity contribution in [2.24, 2.45) is 5.92 Å². The SMILES string of the molecule is CCOC(=O)c1c(NC(=O)C(CC)CC)sc2ccccc12. The summed E-state index contributed by atoms with van der Waals surface area (Å²) in [7, 11) is 0. The molecule has 1 amide bonds. The molecule has 2 rings (SSSR count). The highest BCUT2D eigenvalue weighted by molar-refractivity contribution is 7.23. The number of carbonyl (C=O) groups is 2. The van der Waals surface area contributed by atoms with E-state index in [0.717, 1.165) is 22.9 Å². The number of esters is 1. The lowest BCUT2D eigenvalue weighted by Gasteiger charge is -2.12. The van der Waals surface area contributed by atoms with Crippen LogP contribution in [0, 0.1) is 5.92 Å². The third kappa shape index (κ3) is 3.30. The molecule has 22 heavy (non-hydrogen) atoms. The maximum absolute atomic E-state index is 12.3. The van der Waals surface area contributed by atoms with Crippen LogP contribution in [0.25, 0.3) is 10.1 Å².